The first-order valence-electron chi connectivity index (χ1n) is 13.9. The summed E-state index contributed by atoms with van der Waals surface area (Å²) in [6.07, 6.45) is 2.93. The number of amidine groups is 1. The van der Waals surface area contributed by atoms with Crippen molar-refractivity contribution in [2.24, 2.45) is 4.99 Å². The quantitative estimate of drug-likeness (QED) is 0.149. The van der Waals surface area contributed by atoms with Gasteiger partial charge < -0.3 is 24.5 Å². The van der Waals surface area contributed by atoms with E-state index in [9.17, 15) is 4.79 Å². The number of benzene rings is 2. The summed E-state index contributed by atoms with van der Waals surface area (Å²) in [5.74, 6) is 1.83. The third-order valence-electron chi connectivity index (χ3n) is 6.67. The van der Waals surface area contributed by atoms with Gasteiger partial charge in [-0.05, 0) is 74.5 Å². The van der Waals surface area contributed by atoms with Crippen LogP contribution >= 0.6 is 11.9 Å². The van der Waals surface area contributed by atoms with Gasteiger partial charge in [-0.15, -0.1) is 0 Å². The maximum absolute atomic E-state index is 13.2. The minimum Gasteiger partial charge on any atom is -0.497 e. The first kappa shape index (κ1) is 34.6. The molecule has 2 N–H and O–H groups in total. The van der Waals surface area contributed by atoms with E-state index in [4.69, 9.17) is 14.3 Å². The fraction of sp³-hybridized carbons (Fsp3) is 0.548. The van der Waals surface area contributed by atoms with Gasteiger partial charge in [0.25, 0.3) is 0 Å². The second-order valence-electron chi connectivity index (χ2n) is 9.91. The van der Waals surface area contributed by atoms with Crippen molar-refractivity contribution in [3.05, 3.63) is 58.7 Å². The van der Waals surface area contributed by atoms with Gasteiger partial charge in [-0.25, -0.2) is 9.79 Å². The molecule has 0 saturated carbocycles. The van der Waals surface area contributed by atoms with Crippen LogP contribution in [0.15, 0.2) is 46.3 Å². The number of carbonyl (C=O) groups is 1. The van der Waals surface area contributed by atoms with Crippen LogP contribution in [0.2, 0.25) is 0 Å². The van der Waals surface area contributed by atoms with E-state index in [2.05, 4.69) is 58.2 Å². The van der Waals surface area contributed by atoms with Crippen LogP contribution in [0.25, 0.3) is 0 Å². The Labute approximate surface area is 251 Å². The van der Waals surface area contributed by atoms with E-state index in [1.807, 2.05) is 24.1 Å². The number of methoxy groups -OCH3 is 1. The minimum atomic E-state index is 0. The zero-order chi connectivity index (χ0) is 28.7. The molecular weight excluding hydrogens is 538 g/mol. The number of carbonyl (C=O) groups excluding carboxylic acids is 1. The highest BCUT2D eigenvalue weighted by Gasteiger charge is 2.16. The number of ether oxygens (including phenoxy) is 2. The summed E-state index contributed by atoms with van der Waals surface area (Å²) in [5, 5.41) is 3.31. The van der Waals surface area contributed by atoms with Crippen molar-refractivity contribution in [2.75, 3.05) is 67.2 Å². The lowest BCUT2D eigenvalue weighted by atomic mass is 10.1. The molecule has 1 aliphatic heterocycles. The molecule has 3 rings (SSSR count). The number of hydrogen-bond acceptors (Lipinski definition) is 9. The standard InChI is InChI=1S/C30H45N5O4S.CH4/c1-23-19-27(37-4)20-24(2)29(23)40-34(3)17-18-39-22-28(36)35(16-8-6-7-13-33-38-5)21-25-9-11-26(12-10-25)30-31-14-15-32-30;/h9-12,19-20,33H,6-8,13-18,21-22H2,1-5H3,(H,31,32);1H4. The highest BCUT2D eigenvalue weighted by molar-refractivity contribution is 7.97. The molecule has 0 saturated heterocycles. The molecule has 2 aromatic carbocycles. The molecule has 0 aromatic heterocycles. The average Bonchev–Trinajstić information content (AvgIpc) is 3.49. The summed E-state index contributed by atoms with van der Waals surface area (Å²) in [6.45, 7) is 9.19. The Bertz CT molecular complexity index is 1070. The number of amides is 1. The van der Waals surface area contributed by atoms with Crippen molar-refractivity contribution >= 4 is 23.7 Å². The molecule has 0 unspecified atom stereocenters. The summed E-state index contributed by atoms with van der Waals surface area (Å²) >= 11 is 1.69. The Hall–Kier alpha value is -2.63. The van der Waals surface area contributed by atoms with Gasteiger partial charge in [0.15, 0.2) is 0 Å². The van der Waals surface area contributed by atoms with E-state index in [0.717, 1.165) is 61.6 Å². The van der Waals surface area contributed by atoms with Gasteiger partial charge >= 0.3 is 0 Å². The van der Waals surface area contributed by atoms with E-state index in [0.29, 0.717) is 26.2 Å². The molecule has 2 aromatic rings. The second kappa shape index (κ2) is 18.7. The zero-order valence-electron chi connectivity index (χ0n) is 24.6. The van der Waals surface area contributed by atoms with Crippen molar-refractivity contribution in [1.29, 1.82) is 0 Å². The molecule has 1 aliphatic rings. The van der Waals surface area contributed by atoms with Crippen molar-refractivity contribution in [2.45, 2.75) is 52.0 Å². The third-order valence-corrected chi connectivity index (χ3v) is 7.99. The number of aryl methyl sites for hydroxylation is 2. The number of hydrogen-bond donors (Lipinski definition) is 2. The predicted octanol–water partition coefficient (Wildman–Crippen LogP) is 4.60. The number of nitrogens with zero attached hydrogens (tertiary/aromatic N) is 3. The summed E-state index contributed by atoms with van der Waals surface area (Å²) in [4.78, 5) is 25.7. The van der Waals surface area contributed by atoms with Gasteiger partial charge in [-0.2, -0.15) is 0 Å². The molecule has 0 radical (unpaired) electrons. The van der Waals surface area contributed by atoms with Gasteiger partial charge in [0, 0.05) is 43.2 Å². The summed E-state index contributed by atoms with van der Waals surface area (Å²) < 4.78 is 13.4. The van der Waals surface area contributed by atoms with E-state index in [-0.39, 0.29) is 19.9 Å². The van der Waals surface area contributed by atoms with E-state index in [1.165, 1.54) is 16.0 Å². The highest BCUT2D eigenvalue weighted by atomic mass is 32.2. The van der Waals surface area contributed by atoms with Gasteiger partial charge in [0.2, 0.25) is 5.91 Å². The lowest BCUT2D eigenvalue weighted by molar-refractivity contribution is -0.136. The Morgan fingerprint density at radius 2 is 1.80 bits per heavy atom. The van der Waals surface area contributed by atoms with Crippen molar-refractivity contribution < 1.29 is 19.1 Å². The smallest absolute Gasteiger partial charge is 0.248 e. The molecule has 41 heavy (non-hydrogen) atoms. The Balaban J connectivity index is 0.00000588. The molecule has 0 spiro atoms. The molecule has 1 heterocycles. The summed E-state index contributed by atoms with van der Waals surface area (Å²) in [6, 6.07) is 12.4. The van der Waals surface area contributed by atoms with E-state index < -0.39 is 0 Å². The number of nitrogens with one attached hydrogen (secondary N) is 2. The maximum Gasteiger partial charge on any atom is 0.248 e. The number of unbranched alkanes of at least 4 members (excludes halogenated alkanes) is 2. The maximum atomic E-state index is 13.2. The van der Waals surface area contributed by atoms with Crippen LogP contribution in [-0.4, -0.2) is 88.2 Å². The Morgan fingerprint density at radius 1 is 1.07 bits per heavy atom. The van der Waals surface area contributed by atoms with Crippen molar-refractivity contribution in [3.63, 3.8) is 0 Å². The van der Waals surface area contributed by atoms with Crippen LogP contribution < -0.4 is 15.5 Å². The SMILES string of the molecule is C.CONCCCCCN(Cc1ccc(C2=NCCN2)cc1)C(=O)COCCN(C)Sc1c(C)cc(OC)cc1C. The predicted molar refractivity (Wildman–Crippen MR) is 169 cm³/mol. The van der Waals surface area contributed by atoms with Gasteiger partial charge in [-0.3, -0.25) is 9.79 Å². The fourth-order valence-corrected chi connectivity index (χ4v) is 5.35. The van der Waals surface area contributed by atoms with E-state index >= 15 is 0 Å². The van der Waals surface area contributed by atoms with Gasteiger partial charge in [-0.1, -0.05) is 38.1 Å². The largest absolute Gasteiger partial charge is 0.497 e. The topological polar surface area (TPSA) is 87.7 Å². The molecule has 0 fully saturated rings. The number of rotatable bonds is 18. The third kappa shape index (κ3) is 11.6. The van der Waals surface area contributed by atoms with Crippen LogP contribution in [-0.2, 0) is 20.9 Å². The van der Waals surface area contributed by atoms with Crippen LogP contribution in [0.5, 0.6) is 5.75 Å². The zero-order valence-corrected chi connectivity index (χ0v) is 25.4. The van der Waals surface area contributed by atoms with Crippen LogP contribution in [0.3, 0.4) is 0 Å². The molecule has 0 aliphatic carbocycles. The molecule has 228 valence electrons. The molecule has 9 nitrogen and oxygen atoms in total. The molecular formula is C31H49N5O4S. The normalized spacial score (nSPS) is 12.6. The first-order valence-corrected chi connectivity index (χ1v) is 14.7. The lowest BCUT2D eigenvalue weighted by Gasteiger charge is -2.24. The van der Waals surface area contributed by atoms with Gasteiger partial charge in [0.1, 0.15) is 18.2 Å². The molecule has 0 atom stereocenters. The Morgan fingerprint density at radius 3 is 2.44 bits per heavy atom. The molecule has 1 amide bonds. The highest BCUT2D eigenvalue weighted by Crippen LogP contribution is 2.31. The lowest BCUT2D eigenvalue weighted by Crippen LogP contribution is -2.35. The van der Waals surface area contributed by atoms with E-state index in [1.54, 1.807) is 26.2 Å². The molecule has 10 heteroatoms. The number of aliphatic imine (C=N–C) groups is 1. The summed E-state index contributed by atoms with van der Waals surface area (Å²) in [7, 11) is 5.35. The monoisotopic (exact) mass is 587 g/mol. The first-order chi connectivity index (χ1) is 19.4. The number of likely N-dealkylation sites (N-methyl/N-ethyl adjacent to an activating group) is 1. The molecule has 0 bridgehead atoms. The van der Waals surface area contributed by atoms with Crippen molar-refractivity contribution in [3.8, 4) is 5.75 Å². The minimum absolute atomic E-state index is 0. The second-order valence-corrected chi connectivity index (χ2v) is 11.1. The number of hydroxylamine groups is 1. The van der Waals surface area contributed by atoms with Gasteiger partial charge in [0.05, 0.1) is 27.4 Å². The van der Waals surface area contributed by atoms with Crippen molar-refractivity contribution in [1.82, 2.24) is 20.0 Å². The van der Waals surface area contributed by atoms with Crippen LogP contribution in [0.4, 0.5) is 0 Å². The van der Waals surface area contributed by atoms with Crippen LogP contribution in [0.1, 0.15) is 48.9 Å². The fourth-order valence-electron chi connectivity index (χ4n) is 4.47. The summed E-state index contributed by atoms with van der Waals surface area (Å²) in [5.41, 5.74) is 7.40. The average molecular weight is 588 g/mol. The van der Waals surface area contributed by atoms with Crippen LogP contribution in [0, 0.1) is 13.8 Å². The Kier molecular flexibility index (Phi) is 15.8.